The van der Waals surface area contributed by atoms with Crippen LogP contribution in [0.15, 0.2) is 70.0 Å². The highest BCUT2D eigenvalue weighted by molar-refractivity contribution is 9.10. The minimum atomic E-state index is -0.516. The molecule has 3 aromatic carbocycles. The molecule has 0 atom stereocenters. The summed E-state index contributed by atoms with van der Waals surface area (Å²) in [6.45, 7) is 2.26. The zero-order valence-electron chi connectivity index (χ0n) is 18.2. The second-order valence-electron chi connectivity index (χ2n) is 7.55. The fourth-order valence-electron chi connectivity index (χ4n) is 3.15. The monoisotopic (exact) mass is 606 g/mol. The molecule has 4 rings (SSSR count). The predicted molar refractivity (Wildman–Crippen MR) is 149 cm³/mol. The Bertz CT molecular complexity index is 1360. The van der Waals surface area contributed by atoms with Crippen molar-refractivity contribution in [3.05, 3.63) is 102 Å². The number of halogens is 3. The van der Waals surface area contributed by atoms with Gasteiger partial charge >= 0.3 is 0 Å². The summed E-state index contributed by atoms with van der Waals surface area (Å²) in [5.74, 6) is -0.278. The van der Waals surface area contributed by atoms with E-state index in [1.807, 2.05) is 49.4 Å². The van der Waals surface area contributed by atoms with E-state index in [0.29, 0.717) is 27.3 Å². The number of rotatable bonds is 6. The first-order valence-electron chi connectivity index (χ1n) is 10.2. The molecule has 0 spiro atoms. The topological polar surface area (TPSA) is 58.6 Å². The van der Waals surface area contributed by atoms with Crippen LogP contribution < -0.4 is 10.2 Å². The number of thiocarbonyl (C=S) groups is 1. The molecule has 0 aliphatic carbocycles. The van der Waals surface area contributed by atoms with Crippen molar-refractivity contribution >= 4 is 85.3 Å². The summed E-state index contributed by atoms with van der Waals surface area (Å²) in [4.78, 5) is 25.9. The lowest BCUT2D eigenvalue weighted by molar-refractivity contribution is -0.123. The first-order valence-corrected chi connectivity index (χ1v) is 13.0. The van der Waals surface area contributed by atoms with Gasteiger partial charge in [0.25, 0.3) is 11.8 Å². The van der Waals surface area contributed by atoms with E-state index in [4.69, 9.17) is 40.2 Å². The van der Waals surface area contributed by atoms with E-state index in [0.717, 1.165) is 37.9 Å². The fourth-order valence-corrected chi connectivity index (χ4v) is 5.28. The number of hydrogen-bond donors (Lipinski definition) is 1. The number of benzene rings is 3. The molecule has 1 aliphatic rings. The fraction of sp³-hybridized carbons (Fsp3) is 0.0800. The molecular formula is C25H17BrCl2N2O3S2. The quantitative estimate of drug-likeness (QED) is 0.237. The Morgan fingerprint density at radius 2 is 1.89 bits per heavy atom. The first kappa shape index (κ1) is 25.7. The van der Waals surface area contributed by atoms with Crippen LogP contribution in [0.25, 0.3) is 6.08 Å². The molecule has 1 aliphatic heterocycles. The van der Waals surface area contributed by atoms with Crippen LogP contribution in [0.5, 0.6) is 5.75 Å². The zero-order chi connectivity index (χ0) is 25.1. The van der Waals surface area contributed by atoms with Gasteiger partial charge in [-0.1, -0.05) is 59.2 Å². The van der Waals surface area contributed by atoms with Gasteiger partial charge in [-0.2, -0.15) is 5.01 Å². The molecule has 2 amide bonds. The maximum atomic E-state index is 12.9. The highest BCUT2D eigenvalue weighted by atomic mass is 79.9. The number of aryl methyl sites for hydroxylation is 1. The molecular weight excluding hydrogens is 591 g/mol. The Balaban J connectivity index is 1.44. The van der Waals surface area contributed by atoms with E-state index >= 15 is 0 Å². The number of ether oxygens (including phenoxy) is 1. The van der Waals surface area contributed by atoms with Gasteiger partial charge in [0.05, 0.1) is 20.0 Å². The molecule has 5 nitrogen and oxygen atoms in total. The molecule has 1 fully saturated rings. The molecule has 1 saturated heterocycles. The Kier molecular flexibility index (Phi) is 8.19. The molecule has 1 heterocycles. The SMILES string of the molecule is Cc1ccc(C(=O)NN2C(=O)/C(=C\c3ccc(OCc4ccc(Cl)cc4)c(Br)c3)SC2=S)c(Cl)c1. The standard InChI is InChI=1S/C25H17BrCl2N2O3S2/c1-14-2-8-18(20(28)10-14)23(31)29-30-24(32)22(35-25(30)34)12-16-5-9-21(19(26)11-16)33-13-15-3-6-17(27)7-4-15/h2-12H,13H2,1H3,(H,29,31)/b22-12+. The normalized spacial score (nSPS) is 14.5. The van der Waals surface area contributed by atoms with Crippen molar-refractivity contribution in [2.24, 2.45) is 0 Å². The summed E-state index contributed by atoms with van der Waals surface area (Å²) < 4.78 is 6.83. The average molecular weight is 608 g/mol. The van der Waals surface area contributed by atoms with Gasteiger partial charge in [0.2, 0.25) is 0 Å². The zero-order valence-corrected chi connectivity index (χ0v) is 22.9. The molecule has 0 unspecified atom stereocenters. The van der Waals surface area contributed by atoms with Gasteiger partial charge in [0.15, 0.2) is 4.32 Å². The number of nitrogens with one attached hydrogen (secondary N) is 1. The van der Waals surface area contributed by atoms with Gasteiger partial charge < -0.3 is 4.74 Å². The van der Waals surface area contributed by atoms with Crippen LogP contribution in [-0.2, 0) is 11.4 Å². The number of carbonyl (C=O) groups is 2. The minimum absolute atomic E-state index is 0.222. The van der Waals surface area contributed by atoms with E-state index in [2.05, 4.69) is 21.4 Å². The van der Waals surface area contributed by atoms with E-state index < -0.39 is 11.8 Å². The van der Waals surface area contributed by atoms with Crippen LogP contribution in [-0.4, -0.2) is 21.1 Å². The third-order valence-electron chi connectivity index (χ3n) is 4.94. The molecule has 0 bridgehead atoms. The summed E-state index contributed by atoms with van der Waals surface area (Å²) in [5.41, 5.74) is 5.49. The van der Waals surface area contributed by atoms with Gasteiger partial charge in [0, 0.05) is 5.02 Å². The van der Waals surface area contributed by atoms with Crippen LogP contribution in [0.4, 0.5) is 0 Å². The van der Waals surface area contributed by atoms with Gasteiger partial charge in [-0.05, 0) is 94.2 Å². The Hall–Kier alpha value is -2.36. The lowest BCUT2D eigenvalue weighted by Crippen LogP contribution is -2.44. The summed E-state index contributed by atoms with van der Waals surface area (Å²) in [7, 11) is 0. The van der Waals surface area contributed by atoms with Crippen molar-refractivity contribution in [2.45, 2.75) is 13.5 Å². The molecule has 0 aromatic heterocycles. The summed E-state index contributed by atoms with van der Waals surface area (Å²) >= 11 is 22.0. The molecule has 35 heavy (non-hydrogen) atoms. The number of thioether (sulfide) groups is 1. The van der Waals surface area contributed by atoms with Gasteiger partial charge in [0.1, 0.15) is 12.4 Å². The largest absolute Gasteiger partial charge is 0.488 e. The van der Waals surface area contributed by atoms with E-state index in [1.54, 1.807) is 24.3 Å². The van der Waals surface area contributed by atoms with Crippen molar-refractivity contribution in [1.29, 1.82) is 0 Å². The molecule has 3 aromatic rings. The second-order valence-corrected chi connectivity index (χ2v) is 10.9. The summed E-state index contributed by atoms with van der Waals surface area (Å²) in [6, 6.07) is 18.0. The van der Waals surface area contributed by atoms with Crippen molar-refractivity contribution in [1.82, 2.24) is 10.4 Å². The lowest BCUT2D eigenvalue weighted by Gasteiger charge is -2.16. The average Bonchev–Trinajstić information content (AvgIpc) is 3.07. The third-order valence-corrected chi connectivity index (χ3v) is 7.42. The Morgan fingerprint density at radius 1 is 1.14 bits per heavy atom. The lowest BCUT2D eigenvalue weighted by atomic mass is 10.1. The van der Waals surface area contributed by atoms with Gasteiger partial charge in [-0.15, -0.1) is 0 Å². The number of amides is 2. The van der Waals surface area contributed by atoms with Crippen molar-refractivity contribution < 1.29 is 14.3 Å². The third kappa shape index (κ3) is 6.26. The maximum Gasteiger partial charge on any atom is 0.285 e. The van der Waals surface area contributed by atoms with E-state index in [9.17, 15) is 9.59 Å². The van der Waals surface area contributed by atoms with Crippen LogP contribution in [0.3, 0.4) is 0 Å². The first-order chi connectivity index (χ1) is 16.7. The number of carbonyl (C=O) groups excluding carboxylic acids is 2. The van der Waals surface area contributed by atoms with Crippen LogP contribution in [0.1, 0.15) is 27.0 Å². The molecule has 10 heteroatoms. The predicted octanol–water partition coefficient (Wildman–Crippen LogP) is 7.19. The van der Waals surface area contributed by atoms with Crippen LogP contribution in [0, 0.1) is 6.92 Å². The van der Waals surface area contributed by atoms with Gasteiger partial charge in [-0.3, -0.25) is 15.0 Å². The highest BCUT2D eigenvalue weighted by Gasteiger charge is 2.34. The highest BCUT2D eigenvalue weighted by Crippen LogP contribution is 2.34. The summed E-state index contributed by atoms with van der Waals surface area (Å²) in [5, 5.41) is 2.03. The molecule has 0 saturated carbocycles. The maximum absolute atomic E-state index is 12.9. The second kappa shape index (κ2) is 11.1. The van der Waals surface area contributed by atoms with Crippen molar-refractivity contribution in [2.75, 3.05) is 0 Å². The number of hydrogen-bond acceptors (Lipinski definition) is 5. The van der Waals surface area contributed by atoms with E-state index in [1.165, 1.54) is 0 Å². The molecule has 1 N–H and O–H groups in total. The summed E-state index contributed by atoms with van der Waals surface area (Å²) in [6.07, 6.45) is 1.71. The smallest absolute Gasteiger partial charge is 0.285 e. The Labute approximate surface area is 230 Å². The van der Waals surface area contributed by atoms with Crippen molar-refractivity contribution in [3.63, 3.8) is 0 Å². The van der Waals surface area contributed by atoms with Crippen LogP contribution in [0.2, 0.25) is 10.0 Å². The molecule has 0 radical (unpaired) electrons. The van der Waals surface area contributed by atoms with Crippen molar-refractivity contribution in [3.8, 4) is 5.75 Å². The molecule has 178 valence electrons. The number of nitrogens with zero attached hydrogens (tertiary/aromatic N) is 1. The Morgan fingerprint density at radius 3 is 2.57 bits per heavy atom. The minimum Gasteiger partial charge on any atom is -0.488 e. The van der Waals surface area contributed by atoms with E-state index in [-0.39, 0.29) is 9.88 Å². The van der Waals surface area contributed by atoms with Crippen LogP contribution >= 0.6 is 63.1 Å². The number of hydrazine groups is 1. The van der Waals surface area contributed by atoms with Gasteiger partial charge in [-0.25, -0.2) is 0 Å².